The van der Waals surface area contributed by atoms with Crippen molar-refractivity contribution in [3.05, 3.63) is 48.2 Å². The lowest BCUT2D eigenvalue weighted by Crippen LogP contribution is -2.05. The summed E-state index contributed by atoms with van der Waals surface area (Å²) in [6.45, 7) is 0.566. The average Bonchev–Trinajstić information content (AvgIpc) is 2.96. The summed E-state index contributed by atoms with van der Waals surface area (Å²) < 4.78 is 12.5. The third kappa shape index (κ3) is 2.60. The molecule has 0 unspecified atom stereocenters. The third-order valence-electron chi connectivity index (χ3n) is 3.24. The number of hydrogen-bond donors (Lipinski definition) is 1. The first-order chi connectivity index (χ1) is 10.3. The van der Waals surface area contributed by atoms with Crippen LogP contribution in [0, 0.1) is 0 Å². The van der Waals surface area contributed by atoms with Gasteiger partial charge in [0.2, 0.25) is 5.95 Å². The SMILES string of the molecule is COc1ccc(OC)c(CNc2nnc3ccccn23)c1. The second-order valence-electron chi connectivity index (χ2n) is 4.48. The Balaban J connectivity index is 1.84. The number of rotatable bonds is 5. The number of nitrogens with one attached hydrogen (secondary N) is 1. The predicted octanol–water partition coefficient (Wildman–Crippen LogP) is 2.36. The molecule has 2 heterocycles. The number of aromatic nitrogens is 3. The highest BCUT2D eigenvalue weighted by Crippen LogP contribution is 2.24. The molecule has 3 aromatic rings. The number of anilines is 1. The van der Waals surface area contributed by atoms with E-state index in [2.05, 4.69) is 15.5 Å². The third-order valence-corrected chi connectivity index (χ3v) is 3.24. The van der Waals surface area contributed by atoms with Gasteiger partial charge in [-0.1, -0.05) is 6.07 Å². The summed E-state index contributed by atoms with van der Waals surface area (Å²) in [6, 6.07) is 11.5. The van der Waals surface area contributed by atoms with Crippen molar-refractivity contribution >= 4 is 11.6 Å². The predicted molar refractivity (Wildman–Crippen MR) is 79.9 cm³/mol. The molecule has 0 amide bonds. The molecule has 0 radical (unpaired) electrons. The van der Waals surface area contributed by atoms with Crippen molar-refractivity contribution in [1.29, 1.82) is 0 Å². The minimum absolute atomic E-state index is 0.566. The number of ether oxygens (including phenoxy) is 2. The first-order valence-corrected chi connectivity index (χ1v) is 6.56. The second kappa shape index (κ2) is 5.70. The second-order valence-corrected chi connectivity index (χ2v) is 4.48. The summed E-state index contributed by atoms with van der Waals surface area (Å²) in [7, 11) is 3.29. The zero-order valence-corrected chi connectivity index (χ0v) is 11.9. The van der Waals surface area contributed by atoms with Gasteiger partial charge in [0.05, 0.1) is 14.2 Å². The Morgan fingerprint density at radius 3 is 2.81 bits per heavy atom. The van der Waals surface area contributed by atoms with Gasteiger partial charge in [0.15, 0.2) is 5.65 Å². The summed E-state index contributed by atoms with van der Waals surface area (Å²) in [4.78, 5) is 0. The lowest BCUT2D eigenvalue weighted by molar-refractivity contribution is 0.399. The Morgan fingerprint density at radius 2 is 2.00 bits per heavy atom. The van der Waals surface area contributed by atoms with Gasteiger partial charge in [-0.2, -0.15) is 0 Å². The Bertz CT molecular complexity index is 754. The Kier molecular flexibility index (Phi) is 3.59. The van der Waals surface area contributed by atoms with E-state index >= 15 is 0 Å². The smallest absolute Gasteiger partial charge is 0.229 e. The molecule has 0 saturated heterocycles. The van der Waals surface area contributed by atoms with Crippen molar-refractivity contribution in [2.45, 2.75) is 6.54 Å². The van der Waals surface area contributed by atoms with Gasteiger partial charge in [-0.25, -0.2) is 0 Å². The van der Waals surface area contributed by atoms with Gasteiger partial charge in [0, 0.05) is 18.3 Å². The first-order valence-electron chi connectivity index (χ1n) is 6.56. The van der Waals surface area contributed by atoms with E-state index in [9.17, 15) is 0 Å². The molecular formula is C15H16N4O2. The van der Waals surface area contributed by atoms with Gasteiger partial charge in [0.1, 0.15) is 11.5 Å². The molecule has 0 aliphatic carbocycles. The van der Waals surface area contributed by atoms with Gasteiger partial charge in [-0.3, -0.25) is 4.40 Å². The molecule has 0 fully saturated rings. The standard InChI is InChI=1S/C15H16N4O2/c1-20-12-6-7-13(21-2)11(9-12)10-16-15-18-17-14-5-3-4-8-19(14)15/h3-9H,10H2,1-2H3,(H,16,18). The molecule has 0 saturated carbocycles. The van der Waals surface area contributed by atoms with Crippen molar-refractivity contribution in [2.75, 3.05) is 19.5 Å². The molecule has 6 heteroatoms. The maximum absolute atomic E-state index is 5.36. The van der Waals surface area contributed by atoms with Crippen LogP contribution in [0.15, 0.2) is 42.6 Å². The minimum atomic E-state index is 0.566. The van der Waals surface area contributed by atoms with Crippen molar-refractivity contribution in [3.8, 4) is 11.5 Å². The maximum Gasteiger partial charge on any atom is 0.229 e. The normalized spacial score (nSPS) is 10.6. The van der Waals surface area contributed by atoms with Gasteiger partial charge >= 0.3 is 0 Å². The van der Waals surface area contributed by atoms with Crippen molar-refractivity contribution < 1.29 is 9.47 Å². The Hall–Kier alpha value is -2.76. The topological polar surface area (TPSA) is 60.7 Å². The molecule has 0 aliphatic rings. The van der Waals surface area contributed by atoms with Crippen LogP contribution in [0.3, 0.4) is 0 Å². The fraction of sp³-hybridized carbons (Fsp3) is 0.200. The Labute approximate surface area is 122 Å². The molecule has 6 nitrogen and oxygen atoms in total. The van der Waals surface area contributed by atoms with Gasteiger partial charge in [-0.15, -0.1) is 10.2 Å². The monoisotopic (exact) mass is 284 g/mol. The highest BCUT2D eigenvalue weighted by atomic mass is 16.5. The summed E-state index contributed by atoms with van der Waals surface area (Å²) in [5.41, 5.74) is 1.79. The first kappa shape index (κ1) is 13.2. The molecule has 0 atom stereocenters. The summed E-state index contributed by atoms with van der Waals surface area (Å²) in [5.74, 6) is 2.28. The van der Waals surface area contributed by atoms with Gasteiger partial charge in [0.25, 0.3) is 0 Å². The zero-order chi connectivity index (χ0) is 14.7. The van der Waals surface area contributed by atoms with Crippen LogP contribution < -0.4 is 14.8 Å². The van der Waals surface area contributed by atoms with Crippen LogP contribution in [0.2, 0.25) is 0 Å². The summed E-state index contributed by atoms with van der Waals surface area (Å²) >= 11 is 0. The van der Waals surface area contributed by atoms with Crippen molar-refractivity contribution in [1.82, 2.24) is 14.6 Å². The zero-order valence-electron chi connectivity index (χ0n) is 11.9. The highest BCUT2D eigenvalue weighted by molar-refractivity contribution is 5.46. The van der Waals surface area contributed by atoms with Crippen LogP contribution in [0.1, 0.15) is 5.56 Å². The van der Waals surface area contributed by atoms with Gasteiger partial charge in [-0.05, 0) is 30.3 Å². The highest BCUT2D eigenvalue weighted by Gasteiger charge is 2.08. The van der Waals surface area contributed by atoms with E-state index in [1.807, 2.05) is 47.0 Å². The summed E-state index contributed by atoms with van der Waals surface area (Å²) in [6.07, 6.45) is 1.92. The molecule has 2 aromatic heterocycles. The Morgan fingerprint density at radius 1 is 1.10 bits per heavy atom. The molecule has 0 bridgehead atoms. The molecule has 0 aliphatic heterocycles. The van der Waals surface area contributed by atoms with E-state index in [-0.39, 0.29) is 0 Å². The average molecular weight is 284 g/mol. The van der Waals surface area contributed by atoms with E-state index in [1.165, 1.54) is 0 Å². The van der Waals surface area contributed by atoms with Crippen LogP contribution in [0.5, 0.6) is 11.5 Å². The number of benzene rings is 1. The lowest BCUT2D eigenvalue weighted by Gasteiger charge is -2.11. The molecular weight excluding hydrogens is 268 g/mol. The van der Waals surface area contributed by atoms with E-state index < -0.39 is 0 Å². The number of methoxy groups -OCH3 is 2. The van der Waals surface area contributed by atoms with E-state index in [1.54, 1.807) is 14.2 Å². The fourth-order valence-electron chi connectivity index (χ4n) is 2.16. The maximum atomic E-state index is 5.36. The quantitative estimate of drug-likeness (QED) is 0.779. The van der Waals surface area contributed by atoms with Crippen molar-refractivity contribution in [3.63, 3.8) is 0 Å². The van der Waals surface area contributed by atoms with E-state index in [0.29, 0.717) is 12.5 Å². The fourth-order valence-corrected chi connectivity index (χ4v) is 2.16. The minimum Gasteiger partial charge on any atom is -0.497 e. The number of fused-ring (bicyclic) bond motifs is 1. The van der Waals surface area contributed by atoms with Crippen LogP contribution in [0.25, 0.3) is 5.65 Å². The molecule has 0 spiro atoms. The molecule has 1 aromatic carbocycles. The number of hydrogen-bond acceptors (Lipinski definition) is 5. The number of pyridine rings is 1. The number of nitrogens with zero attached hydrogens (tertiary/aromatic N) is 3. The lowest BCUT2D eigenvalue weighted by atomic mass is 10.2. The van der Waals surface area contributed by atoms with Crippen LogP contribution in [-0.4, -0.2) is 28.8 Å². The molecule has 21 heavy (non-hydrogen) atoms. The van der Waals surface area contributed by atoms with Crippen LogP contribution in [-0.2, 0) is 6.54 Å². The molecule has 1 N–H and O–H groups in total. The van der Waals surface area contributed by atoms with Crippen LogP contribution >= 0.6 is 0 Å². The van der Waals surface area contributed by atoms with Crippen molar-refractivity contribution in [2.24, 2.45) is 0 Å². The van der Waals surface area contributed by atoms with Crippen LogP contribution in [0.4, 0.5) is 5.95 Å². The molecule has 3 rings (SSSR count). The van der Waals surface area contributed by atoms with E-state index in [4.69, 9.17) is 9.47 Å². The summed E-state index contributed by atoms with van der Waals surface area (Å²) in [5, 5.41) is 11.5. The molecule has 108 valence electrons. The van der Waals surface area contributed by atoms with Gasteiger partial charge < -0.3 is 14.8 Å². The van der Waals surface area contributed by atoms with E-state index in [0.717, 1.165) is 22.7 Å². The largest absolute Gasteiger partial charge is 0.497 e.